The predicted octanol–water partition coefficient (Wildman–Crippen LogP) is 1.97. The van der Waals surface area contributed by atoms with E-state index < -0.39 is 11.4 Å². The number of carbonyl (C=O) groups is 1. The molecule has 15 heavy (non-hydrogen) atoms. The van der Waals surface area contributed by atoms with Gasteiger partial charge in [0.25, 0.3) is 0 Å². The first-order valence-corrected chi connectivity index (χ1v) is 6.04. The Balaban J connectivity index is 1.99. The average molecular weight is 211 g/mol. The summed E-state index contributed by atoms with van der Waals surface area (Å²) in [5.41, 5.74) is -0.391. The molecule has 0 aromatic heterocycles. The standard InChI is InChI=1S/C12H21NO2/c1-13-7-5-12(6-8-13,11(14)15)9-10-3-2-4-10/h10H,2-9H2,1H3,(H,14,15). The molecule has 2 aliphatic rings. The van der Waals surface area contributed by atoms with Crippen LogP contribution < -0.4 is 0 Å². The number of carboxylic acids is 1. The fraction of sp³-hybridized carbons (Fsp3) is 0.917. The lowest BCUT2D eigenvalue weighted by Crippen LogP contribution is -2.44. The maximum atomic E-state index is 11.4. The van der Waals surface area contributed by atoms with Gasteiger partial charge in [0.15, 0.2) is 0 Å². The van der Waals surface area contributed by atoms with Crippen molar-refractivity contribution in [3.63, 3.8) is 0 Å². The summed E-state index contributed by atoms with van der Waals surface area (Å²) in [6.07, 6.45) is 6.43. The molecule has 1 saturated carbocycles. The zero-order valence-electron chi connectivity index (χ0n) is 9.54. The second-order valence-electron chi connectivity index (χ2n) is 5.39. The molecule has 2 rings (SSSR count). The zero-order chi connectivity index (χ0) is 10.9. The van der Waals surface area contributed by atoms with Gasteiger partial charge in [-0.05, 0) is 45.3 Å². The zero-order valence-corrected chi connectivity index (χ0v) is 9.54. The van der Waals surface area contributed by atoms with Crippen LogP contribution in [-0.2, 0) is 4.79 Å². The van der Waals surface area contributed by atoms with Crippen molar-refractivity contribution in [3.8, 4) is 0 Å². The highest BCUT2D eigenvalue weighted by atomic mass is 16.4. The number of carboxylic acid groups (broad SMARTS) is 1. The second kappa shape index (κ2) is 4.12. The minimum absolute atomic E-state index is 0.391. The molecule has 0 amide bonds. The Kier molecular flexibility index (Phi) is 3.01. The molecule has 1 saturated heterocycles. The van der Waals surface area contributed by atoms with E-state index in [0.717, 1.165) is 32.4 Å². The van der Waals surface area contributed by atoms with E-state index in [9.17, 15) is 9.90 Å². The van der Waals surface area contributed by atoms with Gasteiger partial charge in [0, 0.05) is 0 Å². The quantitative estimate of drug-likeness (QED) is 0.776. The van der Waals surface area contributed by atoms with Crippen LogP contribution in [-0.4, -0.2) is 36.1 Å². The summed E-state index contributed by atoms with van der Waals surface area (Å²) in [4.78, 5) is 13.7. The number of piperidine rings is 1. The molecule has 1 aliphatic heterocycles. The minimum Gasteiger partial charge on any atom is -0.481 e. The second-order valence-corrected chi connectivity index (χ2v) is 5.39. The average Bonchev–Trinajstić information content (AvgIpc) is 2.14. The number of aliphatic carboxylic acids is 1. The first kappa shape index (κ1) is 10.9. The number of likely N-dealkylation sites (tertiary alicyclic amines) is 1. The maximum absolute atomic E-state index is 11.4. The molecule has 3 heteroatoms. The summed E-state index contributed by atoms with van der Waals surface area (Å²) >= 11 is 0. The van der Waals surface area contributed by atoms with E-state index in [2.05, 4.69) is 11.9 Å². The van der Waals surface area contributed by atoms with Crippen molar-refractivity contribution < 1.29 is 9.90 Å². The molecule has 0 unspecified atom stereocenters. The van der Waals surface area contributed by atoms with Gasteiger partial charge < -0.3 is 10.0 Å². The Hall–Kier alpha value is -0.570. The Labute approximate surface area is 91.5 Å². The first-order chi connectivity index (χ1) is 7.12. The highest BCUT2D eigenvalue weighted by Gasteiger charge is 2.43. The largest absolute Gasteiger partial charge is 0.481 e. The molecule has 0 radical (unpaired) electrons. The van der Waals surface area contributed by atoms with E-state index in [-0.39, 0.29) is 0 Å². The van der Waals surface area contributed by atoms with Crippen molar-refractivity contribution in [1.82, 2.24) is 4.90 Å². The normalized spacial score (nSPS) is 27.3. The van der Waals surface area contributed by atoms with Gasteiger partial charge >= 0.3 is 5.97 Å². The lowest BCUT2D eigenvalue weighted by Gasteiger charge is -2.41. The van der Waals surface area contributed by atoms with Crippen LogP contribution in [0.2, 0.25) is 0 Å². The molecule has 1 N–H and O–H groups in total. The van der Waals surface area contributed by atoms with Gasteiger partial charge in [-0.2, -0.15) is 0 Å². The highest BCUT2D eigenvalue weighted by Crippen LogP contribution is 2.43. The first-order valence-electron chi connectivity index (χ1n) is 6.04. The number of hydrogen-bond donors (Lipinski definition) is 1. The molecule has 2 fully saturated rings. The van der Waals surface area contributed by atoms with Crippen molar-refractivity contribution in [1.29, 1.82) is 0 Å². The molecule has 1 aliphatic carbocycles. The highest BCUT2D eigenvalue weighted by molar-refractivity contribution is 5.74. The molecule has 1 heterocycles. The van der Waals surface area contributed by atoms with Crippen molar-refractivity contribution >= 4 is 5.97 Å². The number of rotatable bonds is 3. The van der Waals surface area contributed by atoms with Crippen molar-refractivity contribution in [2.45, 2.75) is 38.5 Å². The summed E-state index contributed by atoms with van der Waals surface area (Å²) in [5, 5.41) is 9.42. The third kappa shape index (κ3) is 2.17. The topological polar surface area (TPSA) is 40.5 Å². The van der Waals surface area contributed by atoms with Crippen LogP contribution in [0.5, 0.6) is 0 Å². The van der Waals surface area contributed by atoms with Crippen molar-refractivity contribution in [3.05, 3.63) is 0 Å². The van der Waals surface area contributed by atoms with E-state index in [0.29, 0.717) is 5.92 Å². The van der Waals surface area contributed by atoms with Crippen LogP contribution in [0.1, 0.15) is 38.5 Å². The monoisotopic (exact) mass is 211 g/mol. The maximum Gasteiger partial charge on any atom is 0.309 e. The summed E-state index contributed by atoms with van der Waals surface area (Å²) < 4.78 is 0. The number of nitrogens with zero attached hydrogens (tertiary/aromatic N) is 1. The van der Waals surface area contributed by atoms with Gasteiger partial charge in [0.2, 0.25) is 0 Å². The summed E-state index contributed by atoms with van der Waals surface area (Å²) in [5.74, 6) is 0.145. The van der Waals surface area contributed by atoms with Crippen LogP contribution in [0.4, 0.5) is 0 Å². The van der Waals surface area contributed by atoms with Crippen LogP contribution in [0.25, 0.3) is 0 Å². The number of hydrogen-bond acceptors (Lipinski definition) is 2. The Morgan fingerprint density at radius 2 is 2.00 bits per heavy atom. The third-order valence-corrected chi connectivity index (χ3v) is 4.30. The minimum atomic E-state index is -0.553. The summed E-state index contributed by atoms with van der Waals surface area (Å²) in [6, 6.07) is 0. The Bertz CT molecular complexity index is 240. The van der Waals surface area contributed by atoms with Crippen molar-refractivity contribution in [2.75, 3.05) is 20.1 Å². The van der Waals surface area contributed by atoms with Gasteiger partial charge in [-0.15, -0.1) is 0 Å². The van der Waals surface area contributed by atoms with Crippen molar-refractivity contribution in [2.24, 2.45) is 11.3 Å². The van der Waals surface area contributed by atoms with Gasteiger partial charge in [-0.25, -0.2) is 0 Å². The van der Waals surface area contributed by atoms with Crippen LogP contribution in [0, 0.1) is 11.3 Å². The third-order valence-electron chi connectivity index (χ3n) is 4.30. The van der Waals surface area contributed by atoms with Gasteiger partial charge in [0.1, 0.15) is 0 Å². The SMILES string of the molecule is CN1CCC(CC2CCC2)(C(=O)O)CC1. The Morgan fingerprint density at radius 3 is 2.40 bits per heavy atom. The lowest BCUT2D eigenvalue weighted by molar-refractivity contribution is -0.154. The van der Waals surface area contributed by atoms with Gasteiger partial charge in [-0.1, -0.05) is 19.3 Å². The summed E-state index contributed by atoms with van der Waals surface area (Å²) in [6.45, 7) is 1.89. The molecule has 3 nitrogen and oxygen atoms in total. The van der Waals surface area contributed by atoms with E-state index >= 15 is 0 Å². The molecule has 0 spiro atoms. The summed E-state index contributed by atoms with van der Waals surface area (Å²) in [7, 11) is 2.08. The molecule has 0 aromatic rings. The molecule has 0 atom stereocenters. The fourth-order valence-corrected chi connectivity index (χ4v) is 2.80. The lowest BCUT2D eigenvalue weighted by atomic mass is 9.67. The molecular formula is C12H21NO2. The smallest absolute Gasteiger partial charge is 0.309 e. The predicted molar refractivity (Wildman–Crippen MR) is 58.8 cm³/mol. The molecule has 0 bridgehead atoms. The Morgan fingerprint density at radius 1 is 1.40 bits per heavy atom. The van der Waals surface area contributed by atoms with E-state index in [1.165, 1.54) is 19.3 Å². The van der Waals surface area contributed by atoms with Gasteiger partial charge in [-0.3, -0.25) is 4.79 Å². The fourth-order valence-electron chi connectivity index (χ4n) is 2.80. The molecule has 86 valence electrons. The van der Waals surface area contributed by atoms with E-state index in [4.69, 9.17) is 0 Å². The van der Waals surface area contributed by atoms with E-state index in [1.54, 1.807) is 0 Å². The van der Waals surface area contributed by atoms with Crippen LogP contribution in [0.3, 0.4) is 0 Å². The van der Waals surface area contributed by atoms with Crippen LogP contribution in [0.15, 0.2) is 0 Å². The van der Waals surface area contributed by atoms with Crippen LogP contribution >= 0.6 is 0 Å². The molecule has 0 aromatic carbocycles. The molecular weight excluding hydrogens is 190 g/mol. The van der Waals surface area contributed by atoms with Gasteiger partial charge in [0.05, 0.1) is 5.41 Å². The van der Waals surface area contributed by atoms with E-state index in [1.807, 2.05) is 0 Å².